The summed E-state index contributed by atoms with van der Waals surface area (Å²) in [5.41, 5.74) is 4.18. The molecule has 1 aliphatic heterocycles. The maximum atomic E-state index is 13.7. The third kappa shape index (κ3) is 1.99. The number of rotatable bonds is 2. The Morgan fingerprint density at radius 1 is 1.35 bits per heavy atom. The fourth-order valence-corrected chi connectivity index (χ4v) is 3.08. The van der Waals surface area contributed by atoms with E-state index in [1.54, 1.807) is 0 Å². The van der Waals surface area contributed by atoms with Crippen LogP contribution in [0.5, 0.6) is 0 Å². The van der Waals surface area contributed by atoms with Crippen molar-refractivity contribution in [1.82, 2.24) is 0 Å². The lowest BCUT2D eigenvalue weighted by Crippen LogP contribution is -2.25. The number of fused-ring (bicyclic) bond motifs is 1. The maximum Gasteiger partial charge on any atom is 0.365 e. The molecule has 2 rings (SSSR count). The van der Waals surface area contributed by atoms with Crippen LogP contribution in [0.4, 0.5) is 10.1 Å². The van der Waals surface area contributed by atoms with Crippen LogP contribution in [0.3, 0.4) is 0 Å². The molecule has 3 nitrogen and oxygen atoms in total. The van der Waals surface area contributed by atoms with Gasteiger partial charge in [-0.15, -0.1) is 0 Å². The average Bonchev–Trinajstić information content (AvgIpc) is 2.63. The smallest absolute Gasteiger partial charge is 0.365 e. The highest BCUT2D eigenvalue weighted by atomic mass is 19.1. The molecule has 1 heterocycles. The summed E-state index contributed by atoms with van der Waals surface area (Å²) in [4.78, 5) is 13.0. The van der Waals surface area contributed by atoms with Crippen molar-refractivity contribution in [2.45, 2.75) is 39.7 Å². The zero-order valence-electron chi connectivity index (χ0n) is 12.5. The second-order valence-electron chi connectivity index (χ2n) is 5.56. The predicted octanol–water partition coefficient (Wildman–Crippen LogP) is 3.72. The zero-order chi connectivity index (χ0) is 15.2. The van der Waals surface area contributed by atoms with Crippen LogP contribution in [0.15, 0.2) is 18.0 Å². The molecule has 1 aromatic carbocycles. The highest BCUT2D eigenvalue weighted by molar-refractivity contribution is 5.94. The molecule has 0 amide bonds. The molecule has 1 aliphatic rings. The molecule has 20 heavy (non-hydrogen) atoms. The van der Waals surface area contributed by atoms with E-state index in [1.165, 1.54) is 12.5 Å². The number of aliphatic carboxylic acids is 1. The third-order valence-corrected chi connectivity index (χ3v) is 4.58. The molecule has 0 radical (unpaired) electrons. The molecular weight excluding hydrogens is 257 g/mol. The van der Waals surface area contributed by atoms with E-state index in [1.807, 2.05) is 26.1 Å². The molecule has 2 atom stereocenters. The minimum atomic E-state index is -1.51. The standard InChI is InChI=1S/C16H20FNO2/c1-8-11(4)18(5)13-7-6-12(9(2)14(8)13)10(3)15(17)16(19)20/h6-8,11H,1-5H3,(H,19,20)/b15-10+. The molecular formula is C16H20FNO2. The van der Waals surface area contributed by atoms with Crippen LogP contribution in [-0.2, 0) is 4.79 Å². The maximum absolute atomic E-state index is 13.7. The largest absolute Gasteiger partial charge is 0.476 e. The predicted molar refractivity (Wildman–Crippen MR) is 78.8 cm³/mol. The summed E-state index contributed by atoms with van der Waals surface area (Å²) in [6, 6.07) is 4.15. The third-order valence-electron chi connectivity index (χ3n) is 4.58. The van der Waals surface area contributed by atoms with Crippen molar-refractivity contribution in [2.24, 2.45) is 0 Å². The van der Waals surface area contributed by atoms with E-state index < -0.39 is 11.8 Å². The van der Waals surface area contributed by atoms with Gasteiger partial charge in [0, 0.05) is 24.7 Å². The quantitative estimate of drug-likeness (QED) is 0.837. The van der Waals surface area contributed by atoms with Gasteiger partial charge in [0.1, 0.15) is 0 Å². The average molecular weight is 277 g/mol. The van der Waals surface area contributed by atoms with Gasteiger partial charge in [0.05, 0.1) is 0 Å². The Morgan fingerprint density at radius 3 is 2.50 bits per heavy atom. The number of halogens is 1. The summed E-state index contributed by atoms with van der Waals surface area (Å²) < 4.78 is 13.7. The minimum Gasteiger partial charge on any atom is -0.476 e. The van der Waals surface area contributed by atoms with Crippen molar-refractivity contribution in [3.8, 4) is 0 Å². The summed E-state index contributed by atoms with van der Waals surface area (Å²) in [6.45, 7) is 7.76. The molecule has 0 saturated heterocycles. The van der Waals surface area contributed by atoms with Gasteiger partial charge in [0.2, 0.25) is 5.83 Å². The SMILES string of the molecule is C/C(=C(\F)C(=O)O)c1ccc2c(c1C)C(C)C(C)N2C. The summed E-state index contributed by atoms with van der Waals surface area (Å²) in [5, 5.41) is 8.79. The van der Waals surface area contributed by atoms with Gasteiger partial charge in [-0.25, -0.2) is 4.79 Å². The Morgan fingerprint density at radius 2 is 1.95 bits per heavy atom. The van der Waals surface area contributed by atoms with Crippen LogP contribution in [-0.4, -0.2) is 24.2 Å². The van der Waals surface area contributed by atoms with Gasteiger partial charge in [-0.05, 0) is 49.1 Å². The zero-order valence-corrected chi connectivity index (χ0v) is 12.5. The van der Waals surface area contributed by atoms with Gasteiger partial charge in [-0.3, -0.25) is 0 Å². The minimum absolute atomic E-state index is 0.187. The lowest BCUT2D eigenvalue weighted by atomic mass is 9.89. The number of benzene rings is 1. The van der Waals surface area contributed by atoms with E-state index in [9.17, 15) is 9.18 Å². The van der Waals surface area contributed by atoms with Gasteiger partial charge < -0.3 is 10.0 Å². The van der Waals surface area contributed by atoms with E-state index in [0.717, 1.165) is 11.3 Å². The van der Waals surface area contributed by atoms with Crippen molar-refractivity contribution >= 4 is 17.2 Å². The van der Waals surface area contributed by atoms with Gasteiger partial charge in [0.25, 0.3) is 0 Å². The summed E-state index contributed by atoms with van der Waals surface area (Å²) >= 11 is 0. The molecule has 2 unspecified atom stereocenters. The van der Waals surface area contributed by atoms with Crippen molar-refractivity contribution in [3.63, 3.8) is 0 Å². The number of hydrogen-bond donors (Lipinski definition) is 1. The van der Waals surface area contributed by atoms with Gasteiger partial charge in [-0.1, -0.05) is 13.0 Å². The second kappa shape index (κ2) is 4.93. The molecule has 0 aromatic heterocycles. The van der Waals surface area contributed by atoms with Gasteiger partial charge >= 0.3 is 5.97 Å². The molecule has 0 fully saturated rings. The first kappa shape index (κ1) is 14.6. The molecule has 0 aliphatic carbocycles. The van der Waals surface area contributed by atoms with E-state index in [0.29, 0.717) is 17.5 Å². The van der Waals surface area contributed by atoms with Crippen molar-refractivity contribution in [2.75, 3.05) is 11.9 Å². The first-order chi connectivity index (χ1) is 9.27. The fourth-order valence-electron chi connectivity index (χ4n) is 3.08. The normalized spacial score (nSPS) is 22.6. The Hall–Kier alpha value is -1.84. The Kier molecular flexibility index (Phi) is 3.59. The Labute approximate surface area is 118 Å². The number of carboxylic acid groups (broad SMARTS) is 1. The summed E-state index contributed by atoms with van der Waals surface area (Å²) in [6.07, 6.45) is 0. The number of nitrogens with zero attached hydrogens (tertiary/aromatic N) is 1. The van der Waals surface area contributed by atoms with Crippen LogP contribution in [0, 0.1) is 6.92 Å². The topological polar surface area (TPSA) is 40.5 Å². The number of carbonyl (C=O) groups is 1. The van der Waals surface area contributed by atoms with E-state index >= 15 is 0 Å². The van der Waals surface area contributed by atoms with Crippen LogP contribution in [0.2, 0.25) is 0 Å². The highest BCUT2D eigenvalue weighted by Crippen LogP contribution is 2.43. The van der Waals surface area contributed by atoms with Gasteiger partial charge in [-0.2, -0.15) is 4.39 Å². The van der Waals surface area contributed by atoms with Crippen molar-refractivity contribution in [1.29, 1.82) is 0 Å². The van der Waals surface area contributed by atoms with Crippen molar-refractivity contribution < 1.29 is 14.3 Å². The van der Waals surface area contributed by atoms with E-state index in [-0.39, 0.29) is 5.57 Å². The molecule has 4 heteroatoms. The number of carboxylic acids is 1. The monoisotopic (exact) mass is 277 g/mol. The van der Waals surface area contributed by atoms with Crippen LogP contribution < -0.4 is 4.90 Å². The van der Waals surface area contributed by atoms with E-state index in [4.69, 9.17) is 5.11 Å². The highest BCUT2D eigenvalue weighted by Gasteiger charge is 2.32. The molecule has 0 bridgehead atoms. The van der Waals surface area contributed by atoms with Crippen LogP contribution >= 0.6 is 0 Å². The molecule has 1 aromatic rings. The van der Waals surface area contributed by atoms with Crippen LogP contribution in [0.25, 0.3) is 5.57 Å². The lowest BCUT2D eigenvalue weighted by molar-refractivity contribution is -0.134. The first-order valence-corrected chi connectivity index (χ1v) is 6.73. The Bertz CT molecular complexity index is 607. The first-order valence-electron chi connectivity index (χ1n) is 6.73. The second-order valence-corrected chi connectivity index (χ2v) is 5.56. The molecule has 108 valence electrons. The fraction of sp³-hybridized carbons (Fsp3) is 0.438. The summed E-state index contributed by atoms with van der Waals surface area (Å²) in [7, 11) is 2.05. The number of hydrogen-bond acceptors (Lipinski definition) is 2. The molecule has 0 spiro atoms. The molecule has 0 saturated carbocycles. The van der Waals surface area contributed by atoms with Crippen LogP contribution in [0.1, 0.15) is 43.4 Å². The Balaban J connectivity index is 2.63. The van der Waals surface area contributed by atoms with Crippen molar-refractivity contribution in [3.05, 3.63) is 34.6 Å². The number of likely N-dealkylation sites (N-methyl/N-ethyl adjacent to an activating group) is 1. The summed E-state index contributed by atoms with van der Waals surface area (Å²) in [5.74, 6) is -2.25. The number of anilines is 1. The number of allylic oxidation sites excluding steroid dienone is 1. The molecule has 1 N–H and O–H groups in total. The lowest BCUT2D eigenvalue weighted by Gasteiger charge is -2.20. The van der Waals surface area contributed by atoms with Gasteiger partial charge in [0.15, 0.2) is 0 Å². The van der Waals surface area contributed by atoms with E-state index in [2.05, 4.69) is 18.7 Å².